The van der Waals surface area contributed by atoms with Crippen molar-refractivity contribution in [1.82, 2.24) is 13.7 Å². The SMILES string of the molecule is CN(CC(=O)OC1CCCCC1(C(N)=S)c1ccc2nccn2c1)S(=O)(=O)c1ccc2ccccc2c1. The van der Waals surface area contributed by atoms with Crippen LogP contribution in [0.3, 0.4) is 0 Å². The Bertz CT molecular complexity index is 1600. The lowest BCUT2D eigenvalue weighted by Gasteiger charge is -2.43. The van der Waals surface area contributed by atoms with Crippen LogP contribution in [0.25, 0.3) is 16.4 Å². The fourth-order valence-corrected chi connectivity index (χ4v) is 6.71. The zero-order valence-corrected chi connectivity index (χ0v) is 22.0. The van der Waals surface area contributed by atoms with Crippen molar-refractivity contribution >= 4 is 49.6 Å². The molecule has 0 amide bonds. The number of likely N-dealkylation sites (N-methyl/N-ethyl adjacent to an activating group) is 1. The van der Waals surface area contributed by atoms with E-state index in [1.807, 2.05) is 53.2 Å². The molecular weight excluding hydrogens is 508 g/mol. The molecule has 2 unspecified atom stereocenters. The van der Waals surface area contributed by atoms with Gasteiger partial charge < -0.3 is 14.9 Å². The first-order valence-corrected chi connectivity index (χ1v) is 13.9. The predicted octanol–water partition coefficient (Wildman–Crippen LogP) is 3.82. The molecule has 1 aliphatic rings. The molecule has 2 N–H and O–H groups in total. The second-order valence-electron chi connectivity index (χ2n) is 9.44. The van der Waals surface area contributed by atoms with Crippen LogP contribution in [0.2, 0.25) is 0 Å². The minimum absolute atomic E-state index is 0.116. The molecule has 1 saturated carbocycles. The molecule has 2 aromatic carbocycles. The van der Waals surface area contributed by atoms with E-state index in [1.54, 1.807) is 24.4 Å². The molecule has 37 heavy (non-hydrogen) atoms. The lowest BCUT2D eigenvalue weighted by molar-refractivity contribution is -0.153. The topological polar surface area (TPSA) is 107 Å². The van der Waals surface area contributed by atoms with Gasteiger partial charge in [0.1, 0.15) is 18.3 Å². The molecule has 0 radical (unpaired) electrons. The Labute approximate surface area is 221 Å². The summed E-state index contributed by atoms with van der Waals surface area (Å²) in [6, 6.07) is 16.2. The van der Waals surface area contributed by atoms with Gasteiger partial charge in [-0.05, 0) is 53.8 Å². The molecular formula is C27H28N4O4S2. The van der Waals surface area contributed by atoms with E-state index in [2.05, 4.69) is 4.98 Å². The van der Waals surface area contributed by atoms with Crippen LogP contribution in [-0.2, 0) is 25.0 Å². The zero-order valence-electron chi connectivity index (χ0n) is 20.4. The summed E-state index contributed by atoms with van der Waals surface area (Å²) in [4.78, 5) is 17.8. The maximum atomic E-state index is 13.2. The number of hydrogen-bond acceptors (Lipinski definition) is 6. The number of fused-ring (bicyclic) bond motifs is 2. The number of aromatic nitrogens is 2. The van der Waals surface area contributed by atoms with Gasteiger partial charge in [-0.1, -0.05) is 55.0 Å². The summed E-state index contributed by atoms with van der Waals surface area (Å²) in [6.07, 6.45) is 7.79. The Morgan fingerprint density at radius 3 is 2.76 bits per heavy atom. The van der Waals surface area contributed by atoms with Crippen LogP contribution >= 0.6 is 12.2 Å². The minimum atomic E-state index is -3.91. The maximum Gasteiger partial charge on any atom is 0.321 e. The molecule has 0 bridgehead atoms. The number of benzene rings is 2. The molecule has 5 rings (SSSR count). The van der Waals surface area contributed by atoms with E-state index < -0.39 is 34.1 Å². The van der Waals surface area contributed by atoms with Crippen molar-refractivity contribution < 1.29 is 17.9 Å². The van der Waals surface area contributed by atoms with Crippen LogP contribution < -0.4 is 5.73 Å². The van der Waals surface area contributed by atoms with Crippen molar-refractivity contribution in [3.8, 4) is 0 Å². The van der Waals surface area contributed by atoms with E-state index in [1.165, 1.54) is 7.05 Å². The number of carbonyl (C=O) groups excluding carboxylic acids is 1. The van der Waals surface area contributed by atoms with Gasteiger partial charge in [-0.15, -0.1) is 0 Å². The van der Waals surface area contributed by atoms with Crippen molar-refractivity contribution in [3.05, 3.63) is 78.8 Å². The lowest BCUT2D eigenvalue weighted by Crippen LogP contribution is -2.53. The standard InChI is InChI=1S/C27H28N4O4S2/c1-30(37(33,34)22-11-9-19-6-2-3-7-20(19)16-22)18-25(32)35-23-8-4-5-13-27(23,26(28)36)21-10-12-24-29-14-15-31(24)17-21/h2-3,6-7,9-12,14-17,23H,4-5,8,13,18H2,1H3,(H2,28,36). The number of rotatable bonds is 7. The molecule has 2 aromatic heterocycles. The van der Waals surface area contributed by atoms with Gasteiger partial charge in [0.05, 0.1) is 15.3 Å². The summed E-state index contributed by atoms with van der Waals surface area (Å²) in [7, 11) is -2.53. The lowest BCUT2D eigenvalue weighted by atomic mass is 9.67. The summed E-state index contributed by atoms with van der Waals surface area (Å²) in [5, 5.41) is 1.74. The highest BCUT2D eigenvalue weighted by molar-refractivity contribution is 7.89. The van der Waals surface area contributed by atoms with Crippen LogP contribution in [0, 0.1) is 0 Å². The Morgan fingerprint density at radius 2 is 1.97 bits per heavy atom. The summed E-state index contributed by atoms with van der Waals surface area (Å²) in [6.45, 7) is -0.431. The van der Waals surface area contributed by atoms with Crippen LogP contribution in [0.5, 0.6) is 0 Å². The molecule has 2 atom stereocenters. The molecule has 4 aromatic rings. The van der Waals surface area contributed by atoms with Crippen molar-refractivity contribution in [3.63, 3.8) is 0 Å². The average Bonchev–Trinajstić information content (AvgIpc) is 3.36. The first-order valence-electron chi connectivity index (χ1n) is 12.1. The van der Waals surface area contributed by atoms with Gasteiger partial charge in [0.2, 0.25) is 10.0 Å². The second kappa shape index (κ2) is 9.85. The van der Waals surface area contributed by atoms with Crippen molar-refractivity contribution in [1.29, 1.82) is 0 Å². The Kier molecular flexibility index (Phi) is 6.74. The van der Waals surface area contributed by atoms with Crippen molar-refractivity contribution in [2.75, 3.05) is 13.6 Å². The summed E-state index contributed by atoms with van der Waals surface area (Å²) in [5.74, 6) is -0.650. The predicted molar refractivity (Wildman–Crippen MR) is 146 cm³/mol. The third-order valence-electron chi connectivity index (χ3n) is 7.24. The number of thiocarbonyl (C=S) groups is 1. The number of carbonyl (C=O) groups is 1. The molecule has 8 nitrogen and oxygen atoms in total. The Balaban J connectivity index is 1.38. The Morgan fingerprint density at radius 1 is 1.19 bits per heavy atom. The monoisotopic (exact) mass is 536 g/mol. The number of hydrogen-bond donors (Lipinski definition) is 1. The number of imidazole rings is 1. The van der Waals surface area contributed by atoms with Crippen LogP contribution in [0.15, 0.2) is 78.1 Å². The molecule has 2 heterocycles. The third-order valence-corrected chi connectivity index (χ3v) is 9.40. The summed E-state index contributed by atoms with van der Waals surface area (Å²) >= 11 is 5.55. The quantitative estimate of drug-likeness (QED) is 0.283. The van der Waals surface area contributed by atoms with E-state index in [-0.39, 0.29) is 9.88 Å². The number of ether oxygens (including phenoxy) is 1. The molecule has 0 saturated heterocycles. The first kappa shape index (κ1) is 25.3. The zero-order chi connectivity index (χ0) is 26.2. The van der Waals surface area contributed by atoms with Gasteiger partial charge in [0.25, 0.3) is 0 Å². The fourth-order valence-electron chi connectivity index (χ4n) is 5.21. The van der Waals surface area contributed by atoms with Gasteiger partial charge in [-0.2, -0.15) is 4.31 Å². The summed E-state index contributed by atoms with van der Waals surface area (Å²) in [5.41, 5.74) is 7.10. The molecule has 0 aliphatic heterocycles. The highest BCUT2D eigenvalue weighted by Crippen LogP contribution is 2.42. The minimum Gasteiger partial charge on any atom is -0.460 e. The van der Waals surface area contributed by atoms with Gasteiger partial charge >= 0.3 is 5.97 Å². The number of pyridine rings is 1. The second-order valence-corrected chi connectivity index (χ2v) is 11.9. The van der Waals surface area contributed by atoms with Gasteiger partial charge in [-0.3, -0.25) is 4.79 Å². The van der Waals surface area contributed by atoms with Gasteiger partial charge in [0.15, 0.2) is 0 Å². The highest BCUT2D eigenvalue weighted by Gasteiger charge is 2.47. The van der Waals surface area contributed by atoms with Crippen LogP contribution in [0.4, 0.5) is 0 Å². The van der Waals surface area contributed by atoms with Crippen molar-refractivity contribution in [2.45, 2.75) is 42.1 Å². The largest absolute Gasteiger partial charge is 0.460 e. The third kappa shape index (κ3) is 4.60. The highest BCUT2D eigenvalue weighted by atomic mass is 32.2. The summed E-state index contributed by atoms with van der Waals surface area (Å²) < 4.78 is 35.3. The Hall–Kier alpha value is -3.34. The molecule has 0 spiro atoms. The normalized spacial score (nSPS) is 20.3. The number of sulfonamides is 1. The van der Waals surface area contributed by atoms with E-state index in [0.29, 0.717) is 12.8 Å². The van der Waals surface area contributed by atoms with Gasteiger partial charge in [0, 0.05) is 25.6 Å². The van der Waals surface area contributed by atoms with Crippen LogP contribution in [0.1, 0.15) is 31.2 Å². The van der Waals surface area contributed by atoms with E-state index in [0.717, 1.165) is 39.1 Å². The molecule has 1 aliphatic carbocycles. The van der Waals surface area contributed by atoms with E-state index in [4.69, 9.17) is 22.7 Å². The first-order chi connectivity index (χ1) is 17.7. The number of nitrogens with zero attached hydrogens (tertiary/aromatic N) is 3. The fraction of sp³-hybridized carbons (Fsp3) is 0.296. The number of nitrogens with two attached hydrogens (primary N) is 1. The van der Waals surface area contributed by atoms with Crippen molar-refractivity contribution in [2.24, 2.45) is 5.73 Å². The molecule has 10 heteroatoms. The van der Waals surface area contributed by atoms with E-state index >= 15 is 0 Å². The molecule has 192 valence electrons. The molecule has 1 fully saturated rings. The number of esters is 1. The maximum absolute atomic E-state index is 13.2. The van der Waals surface area contributed by atoms with E-state index in [9.17, 15) is 13.2 Å². The van der Waals surface area contributed by atoms with Crippen LogP contribution in [-0.4, -0.2) is 52.8 Å². The van der Waals surface area contributed by atoms with Gasteiger partial charge in [-0.25, -0.2) is 13.4 Å². The average molecular weight is 537 g/mol. The smallest absolute Gasteiger partial charge is 0.321 e.